The molecule has 86 valence electrons. The van der Waals surface area contributed by atoms with E-state index in [9.17, 15) is 9.90 Å². The van der Waals surface area contributed by atoms with Crippen LogP contribution in [-0.2, 0) is 4.79 Å². The summed E-state index contributed by atoms with van der Waals surface area (Å²) in [5, 5.41) is 9.90. The number of aliphatic carboxylic acids is 1. The lowest BCUT2D eigenvalue weighted by Gasteiger charge is -2.28. The Balaban J connectivity index is 2.23. The highest BCUT2D eigenvalue weighted by molar-refractivity contribution is 6.30. The van der Waals surface area contributed by atoms with Crippen molar-refractivity contribution >= 4 is 17.6 Å². The van der Waals surface area contributed by atoms with E-state index >= 15 is 0 Å². The fraction of sp³-hybridized carbons (Fsp3) is 0.462. The second kappa shape index (κ2) is 4.88. The van der Waals surface area contributed by atoms with Crippen LogP contribution in [0.1, 0.15) is 37.2 Å². The van der Waals surface area contributed by atoms with Gasteiger partial charge in [0.1, 0.15) is 0 Å². The van der Waals surface area contributed by atoms with Gasteiger partial charge < -0.3 is 5.11 Å². The predicted octanol–water partition coefficient (Wildman–Crippen LogP) is 3.70. The normalized spacial score (nSPS) is 25.3. The van der Waals surface area contributed by atoms with E-state index in [1.54, 1.807) is 0 Å². The molecule has 1 N–H and O–H groups in total. The van der Waals surface area contributed by atoms with Crippen LogP contribution >= 0.6 is 11.6 Å². The van der Waals surface area contributed by atoms with E-state index in [1.807, 2.05) is 24.3 Å². The summed E-state index contributed by atoms with van der Waals surface area (Å²) in [6.45, 7) is 0. The Hall–Kier alpha value is -1.02. The maximum atomic E-state index is 11.2. The van der Waals surface area contributed by atoms with Crippen LogP contribution in [0.15, 0.2) is 24.3 Å². The first-order valence-electron chi connectivity index (χ1n) is 5.67. The zero-order chi connectivity index (χ0) is 11.5. The average molecular weight is 239 g/mol. The van der Waals surface area contributed by atoms with Crippen molar-refractivity contribution in [3.05, 3.63) is 34.9 Å². The summed E-state index contributed by atoms with van der Waals surface area (Å²) in [6.07, 6.45) is 3.92. The van der Waals surface area contributed by atoms with Crippen LogP contribution in [0.3, 0.4) is 0 Å². The number of hydrogen-bond donors (Lipinski definition) is 1. The molecule has 0 aromatic heterocycles. The summed E-state index contributed by atoms with van der Waals surface area (Å²) in [5.74, 6) is -0.738. The molecule has 0 radical (unpaired) electrons. The Bertz CT molecular complexity index is 372. The molecule has 3 heteroatoms. The summed E-state index contributed by atoms with van der Waals surface area (Å²) in [7, 11) is 0. The van der Waals surface area contributed by atoms with Gasteiger partial charge in [-0.3, -0.25) is 4.79 Å². The van der Waals surface area contributed by atoms with Gasteiger partial charge in [0.25, 0.3) is 0 Å². The van der Waals surface area contributed by atoms with Crippen molar-refractivity contribution in [2.45, 2.75) is 31.6 Å². The van der Waals surface area contributed by atoms with Gasteiger partial charge in [-0.25, -0.2) is 0 Å². The van der Waals surface area contributed by atoms with Crippen LogP contribution < -0.4 is 0 Å². The van der Waals surface area contributed by atoms with Gasteiger partial charge in [-0.2, -0.15) is 0 Å². The highest BCUT2D eigenvalue weighted by Crippen LogP contribution is 2.38. The lowest BCUT2D eigenvalue weighted by molar-refractivity contribution is -0.143. The Morgan fingerprint density at radius 2 is 1.81 bits per heavy atom. The fourth-order valence-corrected chi connectivity index (χ4v) is 2.66. The molecule has 0 bridgehead atoms. The van der Waals surface area contributed by atoms with Crippen molar-refractivity contribution in [2.24, 2.45) is 5.92 Å². The molecule has 2 rings (SSSR count). The quantitative estimate of drug-likeness (QED) is 0.853. The Kier molecular flexibility index (Phi) is 3.49. The minimum atomic E-state index is -0.667. The van der Waals surface area contributed by atoms with Crippen LogP contribution in [0.25, 0.3) is 0 Å². The molecule has 0 heterocycles. The SMILES string of the molecule is O=C(O)C1CCCCC1c1ccc(Cl)cc1. The van der Waals surface area contributed by atoms with Crippen LogP contribution in [0.4, 0.5) is 0 Å². The molecule has 0 spiro atoms. The number of halogens is 1. The molecule has 1 aliphatic rings. The van der Waals surface area contributed by atoms with E-state index in [0.717, 1.165) is 31.2 Å². The molecule has 0 amide bonds. The monoisotopic (exact) mass is 238 g/mol. The third-order valence-corrected chi connectivity index (χ3v) is 3.63. The van der Waals surface area contributed by atoms with Gasteiger partial charge in [-0.15, -0.1) is 0 Å². The van der Waals surface area contributed by atoms with Crippen molar-refractivity contribution < 1.29 is 9.90 Å². The van der Waals surface area contributed by atoms with Crippen LogP contribution in [0.5, 0.6) is 0 Å². The van der Waals surface area contributed by atoms with Gasteiger partial charge in [-0.05, 0) is 36.5 Å². The molecule has 2 unspecified atom stereocenters. The van der Waals surface area contributed by atoms with Gasteiger partial charge in [0.15, 0.2) is 0 Å². The summed E-state index contributed by atoms with van der Waals surface area (Å²) in [5.41, 5.74) is 1.11. The summed E-state index contributed by atoms with van der Waals surface area (Å²) in [4.78, 5) is 11.2. The standard InChI is InChI=1S/C13H15ClO2/c14-10-7-5-9(6-8-10)11-3-1-2-4-12(11)13(15)16/h5-8,11-12H,1-4H2,(H,15,16). The molecule has 1 aliphatic carbocycles. The molecule has 2 nitrogen and oxygen atoms in total. The van der Waals surface area contributed by atoms with Gasteiger partial charge >= 0.3 is 5.97 Å². The Labute approximate surface area is 100 Å². The van der Waals surface area contributed by atoms with Gasteiger partial charge in [-0.1, -0.05) is 36.6 Å². The number of carboxylic acids is 1. The molecular formula is C13H15ClO2. The molecule has 1 saturated carbocycles. The van der Waals surface area contributed by atoms with Crippen molar-refractivity contribution in [3.63, 3.8) is 0 Å². The van der Waals surface area contributed by atoms with E-state index in [-0.39, 0.29) is 11.8 Å². The maximum absolute atomic E-state index is 11.2. The third-order valence-electron chi connectivity index (χ3n) is 3.38. The van der Waals surface area contributed by atoms with E-state index in [2.05, 4.69) is 0 Å². The summed E-state index contributed by atoms with van der Waals surface area (Å²) >= 11 is 5.83. The number of benzene rings is 1. The average Bonchev–Trinajstić information content (AvgIpc) is 2.30. The first-order valence-corrected chi connectivity index (χ1v) is 6.04. The highest BCUT2D eigenvalue weighted by atomic mass is 35.5. The maximum Gasteiger partial charge on any atom is 0.307 e. The smallest absolute Gasteiger partial charge is 0.307 e. The van der Waals surface area contributed by atoms with E-state index in [1.165, 1.54) is 0 Å². The van der Waals surface area contributed by atoms with Crippen molar-refractivity contribution in [1.29, 1.82) is 0 Å². The lowest BCUT2D eigenvalue weighted by atomic mass is 9.75. The predicted molar refractivity (Wildman–Crippen MR) is 63.8 cm³/mol. The molecule has 2 atom stereocenters. The molecule has 1 aromatic rings. The zero-order valence-corrected chi connectivity index (χ0v) is 9.78. The van der Waals surface area contributed by atoms with E-state index in [0.29, 0.717) is 5.02 Å². The molecule has 0 saturated heterocycles. The third kappa shape index (κ3) is 2.38. The van der Waals surface area contributed by atoms with Gasteiger partial charge in [0, 0.05) is 5.02 Å². The number of hydrogen-bond acceptors (Lipinski definition) is 1. The minimum Gasteiger partial charge on any atom is -0.481 e. The molecule has 0 aliphatic heterocycles. The second-order valence-corrected chi connectivity index (χ2v) is 4.82. The fourth-order valence-electron chi connectivity index (χ4n) is 2.54. The van der Waals surface area contributed by atoms with Crippen molar-refractivity contribution in [3.8, 4) is 0 Å². The van der Waals surface area contributed by atoms with E-state index < -0.39 is 5.97 Å². The van der Waals surface area contributed by atoms with Gasteiger partial charge in [0.05, 0.1) is 5.92 Å². The largest absolute Gasteiger partial charge is 0.481 e. The minimum absolute atomic E-state index is 0.156. The topological polar surface area (TPSA) is 37.3 Å². The second-order valence-electron chi connectivity index (χ2n) is 4.39. The number of carbonyl (C=O) groups is 1. The highest BCUT2D eigenvalue weighted by Gasteiger charge is 2.31. The molecule has 1 aromatic carbocycles. The molecular weight excluding hydrogens is 224 g/mol. The summed E-state index contributed by atoms with van der Waals surface area (Å²) in [6, 6.07) is 7.58. The number of carboxylic acid groups (broad SMARTS) is 1. The molecule has 16 heavy (non-hydrogen) atoms. The first kappa shape index (κ1) is 11.5. The van der Waals surface area contributed by atoms with Crippen molar-refractivity contribution in [2.75, 3.05) is 0 Å². The van der Waals surface area contributed by atoms with E-state index in [4.69, 9.17) is 11.6 Å². The van der Waals surface area contributed by atoms with Crippen molar-refractivity contribution in [1.82, 2.24) is 0 Å². The summed E-state index contributed by atoms with van der Waals surface area (Å²) < 4.78 is 0. The van der Waals surface area contributed by atoms with Crippen LogP contribution in [0, 0.1) is 5.92 Å². The van der Waals surface area contributed by atoms with Crippen LogP contribution in [-0.4, -0.2) is 11.1 Å². The lowest BCUT2D eigenvalue weighted by Crippen LogP contribution is -2.25. The first-order chi connectivity index (χ1) is 7.68. The molecule has 1 fully saturated rings. The van der Waals surface area contributed by atoms with Crippen LogP contribution in [0.2, 0.25) is 5.02 Å². The number of rotatable bonds is 2. The zero-order valence-electron chi connectivity index (χ0n) is 9.03. The van der Waals surface area contributed by atoms with Gasteiger partial charge in [0.2, 0.25) is 0 Å². The Morgan fingerprint density at radius 3 is 2.44 bits per heavy atom. The Morgan fingerprint density at radius 1 is 1.19 bits per heavy atom.